The average molecular weight is 386 g/mol. The quantitative estimate of drug-likeness (QED) is 0.771. The van der Waals surface area contributed by atoms with Gasteiger partial charge < -0.3 is 10.6 Å². The van der Waals surface area contributed by atoms with Crippen LogP contribution in [0.3, 0.4) is 0 Å². The van der Waals surface area contributed by atoms with Crippen molar-refractivity contribution < 1.29 is 4.79 Å². The first-order valence-corrected chi connectivity index (χ1v) is 9.04. The summed E-state index contributed by atoms with van der Waals surface area (Å²) in [4.78, 5) is 19.5. The first-order valence-electron chi connectivity index (χ1n) is 6.44. The molecule has 7 heteroatoms. The number of nitrogens with zero attached hydrogens (tertiary/aromatic N) is 2. The molecule has 1 amide bonds. The number of halogens is 1. The van der Waals surface area contributed by atoms with E-state index in [0.717, 1.165) is 8.81 Å². The molecule has 21 heavy (non-hydrogen) atoms. The summed E-state index contributed by atoms with van der Waals surface area (Å²) in [5.74, 6) is 0.503. The summed E-state index contributed by atoms with van der Waals surface area (Å²) in [6.45, 7) is 3.35. The predicted molar refractivity (Wildman–Crippen MR) is 92.5 cm³/mol. The van der Waals surface area contributed by atoms with Crippen molar-refractivity contribution in [1.29, 1.82) is 0 Å². The van der Waals surface area contributed by atoms with Crippen LogP contribution in [-0.2, 0) is 11.3 Å². The molecule has 2 heterocycles. The molecule has 0 atom stereocenters. The van der Waals surface area contributed by atoms with Crippen molar-refractivity contribution in [1.82, 2.24) is 9.88 Å². The number of nitrogen functional groups attached to an aromatic ring is 1. The number of nitrogens with two attached hydrogens (primary N) is 1. The van der Waals surface area contributed by atoms with Gasteiger partial charge in [-0.05, 0) is 47.1 Å². The molecular formula is C14H16BrN3OS2. The van der Waals surface area contributed by atoms with Crippen molar-refractivity contribution >= 4 is 50.6 Å². The van der Waals surface area contributed by atoms with E-state index in [9.17, 15) is 4.79 Å². The lowest BCUT2D eigenvalue weighted by atomic mass is 10.4. The maximum atomic E-state index is 12.3. The van der Waals surface area contributed by atoms with E-state index in [2.05, 4.69) is 20.9 Å². The van der Waals surface area contributed by atoms with Gasteiger partial charge in [-0.15, -0.1) is 11.3 Å². The fourth-order valence-corrected chi connectivity index (χ4v) is 3.95. The van der Waals surface area contributed by atoms with Gasteiger partial charge in [0.2, 0.25) is 5.91 Å². The number of pyridine rings is 1. The third-order valence-electron chi connectivity index (χ3n) is 2.81. The van der Waals surface area contributed by atoms with E-state index in [1.54, 1.807) is 23.6 Å². The minimum absolute atomic E-state index is 0.116. The van der Waals surface area contributed by atoms with Crippen LogP contribution in [-0.4, -0.2) is 28.1 Å². The monoisotopic (exact) mass is 385 g/mol. The molecule has 2 aromatic heterocycles. The lowest BCUT2D eigenvalue weighted by molar-refractivity contribution is -0.128. The van der Waals surface area contributed by atoms with Crippen LogP contribution in [0.15, 0.2) is 39.3 Å². The van der Waals surface area contributed by atoms with Crippen molar-refractivity contribution in [2.45, 2.75) is 18.5 Å². The zero-order chi connectivity index (χ0) is 15.2. The highest BCUT2D eigenvalue weighted by atomic mass is 79.9. The first-order chi connectivity index (χ1) is 10.1. The zero-order valence-electron chi connectivity index (χ0n) is 11.6. The molecule has 0 saturated carbocycles. The van der Waals surface area contributed by atoms with Gasteiger partial charge in [0.15, 0.2) is 0 Å². The lowest BCUT2D eigenvalue weighted by Gasteiger charge is -2.19. The van der Waals surface area contributed by atoms with Gasteiger partial charge in [-0.2, -0.15) is 0 Å². The Kier molecular flexibility index (Phi) is 6.08. The Morgan fingerprint density at radius 2 is 2.24 bits per heavy atom. The number of rotatable bonds is 6. The number of carbonyl (C=O) groups is 1. The highest BCUT2D eigenvalue weighted by molar-refractivity contribution is 9.11. The molecule has 0 radical (unpaired) electrons. The number of thioether (sulfide) groups is 1. The number of thiophene rings is 1. The molecule has 0 aliphatic carbocycles. The van der Waals surface area contributed by atoms with Crippen molar-refractivity contribution in [2.24, 2.45) is 0 Å². The Bertz CT molecular complexity index is 601. The summed E-state index contributed by atoms with van der Waals surface area (Å²) < 4.78 is 1.08. The number of anilines is 1. The molecular weight excluding hydrogens is 370 g/mol. The molecule has 112 valence electrons. The molecule has 0 spiro atoms. The molecule has 4 nitrogen and oxygen atoms in total. The molecule has 0 fully saturated rings. The molecule has 0 saturated heterocycles. The number of carbonyl (C=O) groups excluding carboxylic acids is 1. The molecule has 0 unspecified atom stereocenters. The van der Waals surface area contributed by atoms with Crippen LogP contribution in [0, 0.1) is 0 Å². The van der Waals surface area contributed by atoms with Gasteiger partial charge in [-0.1, -0.05) is 11.8 Å². The third-order valence-corrected chi connectivity index (χ3v) is 5.35. The smallest absolute Gasteiger partial charge is 0.233 e. The second kappa shape index (κ2) is 7.82. The van der Waals surface area contributed by atoms with E-state index in [4.69, 9.17) is 5.73 Å². The maximum absolute atomic E-state index is 12.3. The summed E-state index contributed by atoms with van der Waals surface area (Å²) in [5, 5.41) is 0.812. The molecule has 0 aliphatic rings. The van der Waals surface area contributed by atoms with Gasteiger partial charge in [0.1, 0.15) is 0 Å². The Hall–Kier alpha value is -1.05. The number of hydrogen-bond donors (Lipinski definition) is 1. The number of aromatic nitrogens is 1. The number of hydrogen-bond acceptors (Lipinski definition) is 5. The van der Waals surface area contributed by atoms with Gasteiger partial charge >= 0.3 is 0 Å². The van der Waals surface area contributed by atoms with E-state index < -0.39 is 0 Å². The Morgan fingerprint density at radius 3 is 2.81 bits per heavy atom. The van der Waals surface area contributed by atoms with Crippen LogP contribution >= 0.6 is 39.0 Å². The number of amides is 1. The lowest BCUT2D eigenvalue weighted by Crippen LogP contribution is -2.31. The van der Waals surface area contributed by atoms with Crippen LogP contribution in [0.25, 0.3) is 0 Å². The van der Waals surface area contributed by atoms with Crippen molar-refractivity contribution in [3.05, 3.63) is 39.1 Å². The van der Waals surface area contributed by atoms with Gasteiger partial charge in [0.05, 0.1) is 33.0 Å². The van der Waals surface area contributed by atoms with E-state index in [0.29, 0.717) is 24.5 Å². The largest absolute Gasteiger partial charge is 0.397 e. The highest BCUT2D eigenvalue weighted by Crippen LogP contribution is 2.24. The van der Waals surface area contributed by atoms with Crippen molar-refractivity contribution in [3.63, 3.8) is 0 Å². The van der Waals surface area contributed by atoms with Gasteiger partial charge in [0, 0.05) is 11.4 Å². The Morgan fingerprint density at radius 1 is 1.43 bits per heavy atom. The fourth-order valence-electron chi connectivity index (χ4n) is 1.71. The van der Waals surface area contributed by atoms with Gasteiger partial charge in [-0.25, -0.2) is 4.98 Å². The predicted octanol–water partition coefficient (Wildman–Crippen LogP) is 3.63. The summed E-state index contributed by atoms with van der Waals surface area (Å²) in [5.41, 5.74) is 6.22. The molecule has 2 N–H and O–H groups in total. The summed E-state index contributed by atoms with van der Waals surface area (Å²) in [7, 11) is 0. The molecule has 0 bridgehead atoms. The SMILES string of the molecule is CCN(Cc1ccc(Br)s1)C(=O)CSc1ccc(N)cn1. The van der Waals surface area contributed by atoms with Crippen LogP contribution in [0.5, 0.6) is 0 Å². The summed E-state index contributed by atoms with van der Waals surface area (Å²) >= 11 is 6.53. The minimum Gasteiger partial charge on any atom is -0.397 e. The standard InChI is InChI=1S/C14H16BrN3OS2/c1-2-18(8-11-4-5-12(15)21-11)14(19)9-20-13-6-3-10(16)7-17-13/h3-7H,2,8-9,16H2,1H3. The second-order valence-electron chi connectivity index (χ2n) is 4.33. The van der Waals surface area contributed by atoms with Crippen LogP contribution in [0.1, 0.15) is 11.8 Å². The Balaban J connectivity index is 1.89. The minimum atomic E-state index is 0.116. The normalized spacial score (nSPS) is 10.6. The topological polar surface area (TPSA) is 59.2 Å². The van der Waals surface area contributed by atoms with Crippen LogP contribution in [0.2, 0.25) is 0 Å². The van der Waals surface area contributed by atoms with Gasteiger partial charge in [-0.3, -0.25) is 4.79 Å². The van der Waals surface area contributed by atoms with E-state index in [-0.39, 0.29) is 5.91 Å². The third kappa shape index (κ3) is 5.01. The highest BCUT2D eigenvalue weighted by Gasteiger charge is 2.13. The fraction of sp³-hybridized carbons (Fsp3) is 0.286. The summed E-state index contributed by atoms with van der Waals surface area (Å²) in [6.07, 6.45) is 1.60. The van der Waals surface area contributed by atoms with Gasteiger partial charge in [0.25, 0.3) is 0 Å². The average Bonchev–Trinajstić information content (AvgIpc) is 2.89. The van der Waals surface area contributed by atoms with E-state index in [1.807, 2.05) is 30.0 Å². The Labute approximate surface area is 140 Å². The molecule has 0 aliphatic heterocycles. The van der Waals surface area contributed by atoms with E-state index >= 15 is 0 Å². The molecule has 0 aromatic carbocycles. The second-order valence-corrected chi connectivity index (χ2v) is 7.88. The summed E-state index contributed by atoms with van der Waals surface area (Å²) in [6, 6.07) is 7.67. The molecule has 2 aromatic rings. The van der Waals surface area contributed by atoms with Crippen LogP contribution < -0.4 is 5.73 Å². The first kappa shape index (κ1) is 16.3. The van der Waals surface area contributed by atoms with Crippen LogP contribution in [0.4, 0.5) is 5.69 Å². The van der Waals surface area contributed by atoms with Crippen molar-refractivity contribution in [3.8, 4) is 0 Å². The van der Waals surface area contributed by atoms with Crippen molar-refractivity contribution in [2.75, 3.05) is 18.0 Å². The molecule has 2 rings (SSSR count). The van der Waals surface area contributed by atoms with E-state index in [1.165, 1.54) is 16.6 Å². The zero-order valence-corrected chi connectivity index (χ0v) is 14.8. The maximum Gasteiger partial charge on any atom is 0.233 e.